The van der Waals surface area contributed by atoms with E-state index in [2.05, 4.69) is 11.4 Å². The van der Waals surface area contributed by atoms with Crippen molar-refractivity contribution in [3.63, 3.8) is 0 Å². The maximum absolute atomic E-state index is 12.7. The summed E-state index contributed by atoms with van der Waals surface area (Å²) in [4.78, 5) is 28.4. The van der Waals surface area contributed by atoms with Gasteiger partial charge in [0.2, 0.25) is 0 Å². The third-order valence-corrected chi connectivity index (χ3v) is 5.66. The van der Waals surface area contributed by atoms with Crippen LogP contribution in [0.25, 0.3) is 0 Å². The molecule has 3 rings (SSSR count). The Morgan fingerprint density at radius 1 is 1.20 bits per heavy atom. The molecule has 0 bridgehead atoms. The molecule has 1 aromatic heterocycles. The Hall–Kier alpha value is -2.14. The Morgan fingerprint density at radius 2 is 1.88 bits per heavy atom. The molecule has 0 saturated carbocycles. The molecule has 1 amide bonds. The second kappa shape index (κ2) is 7.00. The fourth-order valence-corrected chi connectivity index (χ4v) is 4.36. The van der Waals surface area contributed by atoms with Gasteiger partial charge in [-0.2, -0.15) is 0 Å². The number of carbonyl (C=O) groups is 2. The molecular weight excluding hydrogens is 334 g/mol. The summed E-state index contributed by atoms with van der Waals surface area (Å²) in [5.41, 5.74) is 4.62. The molecule has 25 heavy (non-hydrogen) atoms. The van der Waals surface area contributed by atoms with Crippen molar-refractivity contribution >= 4 is 23.2 Å². The van der Waals surface area contributed by atoms with Gasteiger partial charge in [-0.15, -0.1) is 11.3 Å². The third kappa shape index (κ3) is 3.61. The number of esters is 1. The largest absolute Gasteiger partial charge is 0.449 e. The number of nitrogens with zero attached hydrogens (tertiary/aromatic N) is 1. The number of hydrogen-bond donors (Lipinski definition) is 0. The summed E-state index contributed by atoms with van der Waals surface area (Å²) in [6.07, 6.45) is 0.0862. The average Bonchev–Trinajstić information content (AvgIpc) is 3.00. The van der Waals surface area contributed by atoms with E-state index < -0.39 is 12.1 Å². The number of ether oxygens (including phenoxy) is 1. The van der Waals surface area contributed by atoms with E-state index in [9.17, 15) is 9.59 Å². The highest BCUT2D eigenvalue weighted by molar-refractivity contribution is 7.10. The Morgan fingerprint density at radius 3 is 2.56 bits per heavy atom. The molecular formula is C20H23NO3S. The zero-order valence-electron chi connectivity index (χ0n) is 15.1. The van der Waals surface area contributed by atoms with Gasteiger partial charge in [0.05, 0.1) is 5.56 Å². The molecule has 1 aromatic carbocycles. The molecule has 0 N–H and O–H groups in total. The highest BCUT2D eigenvalue weighted by atomic mass is 32.1. The predicted molar refractivity (Wildman–Crippen MR) is 99.0 cm³/mol. The van der Waals surface area contributed by atoms with Crippen molar-refractivity contribution in [2.75, 3.05) is 6.54 Å². The van der Waals surface area contributed by atoms with Gasteiger partial charge in [0.1, 0.15) is 0 Å². The second-order valence-corrected chi connectivity index (χ2v) is 7.70. The molecule has 1 atom stereocenters. The number of benzene rings is 1. The van der Waals surface area contributed by atoms with Crippen LogP contribution < -0.4 is 0 Å². The number of fused-ring (bicyclic) bond motifs is 1. The van der Waals surface area contributed by atoms with Crippen LogP contribution in [0.4, 0.5) is 0 Å². The Bertz CT molecular complexity index is 801. The lowest BCUT2D eigenvalue weighted by atomic mass is 10.00. The van der Waals surface area contributed by atoms with Crippen molar-refractivity contribution in [1.82, 2.24) is 4.90 Å². The third-order valence-electron chi connectivity index (χ3n) is 4.63. The molecule has 4 nitrogen and oxygen atoms in total. The number of carbonyl (C=O) groups excluding carboxylic acids is 2. The Balaban J connectivity index is 1.69. The summed E-state index contributed by atoms with van der Waals surface area (Å²) < 4.78 is 5.49. The van der Waals surface area contributed by atoms with E-state index in [1.165, 1.54) is 10.4 Å². The molecule has 1 unspecified atom stereocenters. The molecule has 132 valence electrons. The van der Waals surface area contributed by atoms with Crippen molar-refractivity contribution in [2.24, 2.45) is 0 Å². The van der Waals surface area contributed by atoms with E-state index in [4.69, 9.17) is 4.74 Å². The number of aryl methyl sites for hydroxylation is 3. The van der Waals surface area contributed by atoms with E-state index >= 15 is 0 Å². The lowest BCUT2D eigenvalue weighted by Gasteiger charge is -2.29. The second-order valence-electron chi connectivity index (χ2n) is 6.70. The molecule has 0 spiro atoms. The summed E-state index contributed by atoms with van der Waals surface area (Å²) in [6.45, 7) is 8.72. The van der Waals surface area contributed by atoms with Crippen LogP contribution in [-0.2, 0) is 22.5 Å². The molecule has 5 heteroatoms. The zero-order chi connectivity index (χ0) is 18.1. The van der Waals surface area contributed by atoms with E-state index in [1.807, 2.05) is 32.9 Å². The molecule has 2 aromatic rings. The van der Waals surface area contributed by atoms with E-state index in [0.717, 1.165) is 23.1 Å². The highest BCUT2D eigenvalue weighted by Gasteiger charge is 2.28. The molecule has 1 aliphatic heterocycles. The minimum atomic E-state index is -0.784. The van der Waals surface area contributed by atoms with Gasteiger partial charge in [0.25, 0.3) is 5.91 Å². The first-order valence-electron chi connectivity index (χ1n) is 8.49. The fraction of sp³-hybridized carbons (Fsp3) is 0.400. The first-order chi connectivity index (χ1) is 11.9. The summed E-state index contributed by atoms with van der Waals surface area (Å²) in [5, 5.41) is 2.06. The van der Waals surface area contributed by atoms with Gasteiger partial charge in [-0.3, -0.25) is 4.79 Å². The van der Waals surface area contributed by atoms with Gasteiger partial charge in [0, 0.05) is 18.0 Å². The molecule has 2 heterocycles. The molecule has 0 saturated heterocycles. The Kier molecular flexibility index (Phi) is 4.95. The summed E-state index contributed by atoms with van der Waals surface area (Å²) in [7, 11) is 0. The van der Waals surface area contributed by atoms with E-state index in [1.54, 1.807) is 23.2 Å². The van der Waals surface area contributed by atoms with Gasteiger partial charge >= 0.3 is 5.97 Å². The summed E-state index contributed by atoms with van der Waals surface area (Å²) in [6, 6.07) is 5.98. The Labute approximate surface area is 152 Å². The maximum Gasteiger partial charge on any atom is 0.339 e. The topological polar surface area (TPSA) is 46.6 Å². The molecule has 1 aliphatic rings. The lowest BCUT2D eigenvalue weighted by Crippen LogP contribution is -2.42. The highest BCUT2D eigenvalue weighted by Crippen LogP contribution is 2.25. The van der Waals surface area contributed by atoms with Gasteiger partial charge in [-0.25, -0.2) is 4.79 Å². The van der Waals surface area contributed by atoms with E-state index in [-0.39, 0.29) is 5.91 Å². The SMILES string of the molecule is Cc1cc(C)c(C(=O)OC(C)C(=O)N2CCc3sccc3C2)c(C)c1. The van der Waals surface area contributed by atoms with Crippen LogP contribution in [0.2, 0.25) is 0 Å². The van der Waals surface area contributed by atoms with Crippen LogP contribution in [0.15, 0.2) is 23.6 Å². The number of amides is 1. The minimum Gasteiger partial charge on any atom is -0.449 e. The minimum absolute atomic E-state index is 0.132. The zero-order valence-corrected chi connectivity index (χ0v) is 15.9. The number of hydrogen-bond acceptors (Lipinski definition) is 4. The van der Waals surface area contributed by atoms with Crippen LogP contribution in [0, 0.1) is 20.8 Å². The monoisotopic (exact) mass is 357 g/mol. The standard InChI is InChI=1S/C20H23NO3S/c1-12-9-13(2)18(14(3)10-12)20(23)24-15(4)19(22)21-7-5-17-16(11-21)6-8-25-17/h6,8-10,15H,5,7,11H2,1-4H3. The van der Waals surface area contributed by atoms with Crippen molar-refractivity contribution in [3.05, 3.63) is 56.3 Å². The molecule has 0 radical (unpaired) electrons. The number of rotatable bonds is 3. The van der Waals surface area contributed by atoms with Gasteiger partial charge in [-0.1, -0.05) is 17.7 Å². The van der Waals surface area contributed by atoms with Crippen LogP contribution in [0.5, 0.6) is 0 Å². The predicted octanol–water partition coefficient (Wildman–Crippen LogP) is 3.80. The van der Waals surface area contributed by atoms with Crippen molar-refractivity contribution in [1.29, 1.82) is 0 Å². The van der Waals surface area contributed by atoms with Gasteiger partial charge in [-0.05, 0) is 62.3 Å². The van der Waals surface area contributed by atoms with Crippen molar-refractivity contribution < 1.29 is 14.3 Å². The normalized spacial score (nSPS) is 14.8. The lowest BCUT2D eigenvalue weighted by molar-refractivity contribution is -0.140. The molecule has 0 aliphatic carbocycles. The van der Waals surface area contributed by atoms with Crippen LogP contribution >= 0.6 is 11.3 Å². The van der Waals surface area contributed by atoms with Crippen molar-refractivity contribution in [2.45, 2.75) is 46.8 Å². The number of thiophene rings is 1. The van der Waals surface area contributed by atoms with Crippen molar-refractivity contribution in [3.8, 4) is 0 Å². The fourth-order valence-electron chi connectivity index (χ4n) is 3.47. The summed E-state index contributed by atoms with van der Waals surface area (Å²) in [5.74, 6) is -0.559. The smallest absolute Gasteiger partial charge is 0.339 e. The maximum atomic E-state index is 12.7. The van der Waals surface area contributed by atoms with E-state index in [0.29, 0.717) is 18.7 Å². The average molecular weight is 357 g/mol. The van der Waals surface area contributed by atoms with Crippen LogP contribution in [0.1, 0.15) is 44.4 Å². The summed E-state index contributed by atoms with van der Waals surface area (Å²) >= 11 is 1.74. The first kappa shape index (κ1) is 17.7. The first-order valence-corrected chi connectivity index (χ1v) is 9.37. The van der Waals surface area contributed by atoms with Crippen LogP contribution in [0.3, 0.4) is 0 Å². The van der Waals surface area contributed by atoms with Gasteiger partial charge in [0.15, 0.2) is 6.10 Å². The molecule has 0 fully saturated rings. The van der Waals surface area contributed by atoms with Crippen LogP contribution in [-0.4, -0.2) is 29.4 Å². The van der Waals surface area contributed by atoms with Gasteiger partial charge < -0.3 is 9.64 Å². The quantitative estimate of drug-likeness (QED) is 0.785.